The number of nitrogens with zero attached hydrogens (tertiary/aromatic N) is 2. The molecule has 0 fully saturated rings. The Labute approximate surface area is 247 Å². The molecule has 7 nitrogen and oxygen atoms in total. The third kappa shape index (κ3) is 7.99. The van der Waals surface area contributed by atoms with E-state index in [-0.39, 0.29) is 39.0 Å². The largest absolute Gasteiger partial charge is 0.354 e. The molecule has 214 valence electrons. The molecule has 3 aromatic carbocycles. The summed E-state index contributed by atoms with van der Waals surface area (Å²) < 4.78 is 28.8. The van der Waals surface area contributed by atoms with Crippen molar-refractivity contribution in [2.45, 2.75) is 52.1 Å². The van der Waals surface area contributed by atoms with E-state index in [0.29, 0.717) is 6.54 Å². The molecule has 0 aromatic heterocycles. The number of sulfonamides is 1. The summed E-state index contributed by atoms with van der Waals surface area (Å²) in [6, 6.07) is 17.5. The van der Waals surface area contributed by atoms with Gasteiger partial charge >= 0.3 is 0 Å². The van der Waals surface area contributed by atoms with E-state index in [9.17, 15) is 18.0 Å². The van der Waals surface area contributed by atoms with E-state index < -0.39 is 28.5 Å². The van der Waals surface area contributed by atoms with Gasteiger partial charge in [0.2, 0.25) is 11.8 Å². The van der Waals surface area contributed by atoms with Gasteiger partial charge in [0.25, 0.3) is 10.0 Å². The molecule has 10 heteroatoms. The number of carbonyl (C=O) groups excluding carboxylic acids is 2. The van der Waals surface area contributed by atoms with Gasteiger partial charge in [0.05, 0.1) is 15.6 Å². The van der Waals surface area contributed by atoms with Crippen LogP contribution in [0.1, 0.15) is 37.5 Å². The van der Waals surface area contributed by atoms with Gasteiger partial charge in [-0.25, -0.2) is 8.42 Å². The quantitative estimate of drug-likeness (QED) is 0.291. The van der Waals surface area contributed by atoms with Crippen molar-refractivity contribution in [2.75, 3.05) is 17.4 Å². The summed E-state index contributed by atoms with van der Waals surface area (Å²) in [7, 11) is -4.24. The van der Waals surface area contributed by atoms with E-state index in [2.05, 4.69) is 5.32 Å². The van der Waals surface area contributed by atoms with Crippen LogP contribution in [0.4, 0.5) is 5.69 Å². The summed E-state index contributed by atoms with van der Waals surface area (Å²) in [6.45, 7) is 9.33. The van der Waals surface area contributed by atoms with Crippen molar-refractivity contribution in [3.63, 3.8) is 0 Å². The molecule has 3 aromatic rings. The summed E-state index contributed by atoms with van der Waals surface area (Å²) >= 11 is 12.7. The van der Waals surface area contributed by atoms with E-state index in [1.807, 2.05) is 52.0 Å². The number of carbonyl (C=O) groups is 2. The minimum atomic E-state index is -4.24. The van der Waals surface area contributed by atoms with Gasteiger partial charge in [-0.05, 0) is 62.6 Å². The van der Waals surface area contributed by atoms with Crippen LogP contribution in [-0.2, 0) is 26.2 Å². The van der Waals surface area contributed by atoms with Gasteiger partial charge in [0, 0.05) is 18.1 Å². The Balaban J connectivity index is 2.06. The highest BCUT2D eigenvalue weighted by molar-refractivity contribution is 7.92. The van der Waals surface area contributed by atoms with Crippen molar-refractivity contribution >= 4 is 50.7 Å². The summed E-state index contributed by atoms with van der Waals surface area (Å²) in [4.78, 5) is 28.5. The van der Waals surface area contributed by atoms with Gasteiger partial charge in [-0.3, -0.25) is 13.9 Å². The number of benzene rings is 3. The maximum absolute atomic E-state index is 14.0. The molecule has 0 bridgehead atoms. The predicted octanol–water partition coefficient (Wildman–Crippen LogP) is 6.00. The minimum absolute atomic E-state index is 0.00472. The molecule has 0 aliphatic heterocycles. The number of nitrogens with one attached hydrogen (secondary N) is 1. The Hall–Kier alpha value is -3.07. The number of halogens is 2. The fraction of sp³-hybridized carbons (Fsp3) is 0.333. The lowest BCUT2D eigenvalue weighted by atomic mass is 10.1. The highest BCUT2D eigenvalue weighted by atomic mass is 35.5. The van der Waals surface area contributed by atoms with Crippen molar-refractivity contribution in [3.8, 4) is 0 Å². The van der Waals surface area contributed by atoms with Crippen molar-refractivity contribution in [3.05, 3.63) is 93.5 Å². The zero-order valence-corrected chi connectivity index (χ0v) is 25.6. The normalized spacial score (nSPS) is 12.2. The molecular formula is C30H35Cl2N3O4S. The lowest BCUT2D eigenvalue weighted by Crippen LogP contribution is -2.51. The van der Waals surface area contributed by atoms with Crippen LogP contribution in [0.25, 0.3) is 0 Å². The van der Waals surface area contributed by atoms with E-state index in [1.54, 1.807) is 19.1 Å². The van der Waals surface area contributed by atoms with Gasteiger partial charge in [0.1, 0.15) is 12.6 Å². The molecule has 0 unspecified atom stereocenters. The zero-order chi connectivity index (χ0) is 29.6. The van der Waals surface area contributed by atoms with Crippen LogP contribution >= 0.6 is 23.2 Å². The molecule has 0 saturated heterocycles. The van der Waals surface area contributed by atoms with Crippen LogP contribution in [0.2, 0.25) is 10.0 Å². The van der Waals surface area contributed by atoms with Crippen LogP contribution in [0.5, 0.6) is 0 Å². The molecule has 40 heavy (non-hydrogen) atoms. The van der Waals surface area contributed by atoms with Gasteiger partial charge in [-0.2, -0.15) is 0 Å². The van der Waals surface area contributed by atoms with Gasteiger partial charge in [-0.15, -0.1) is 0 Å². The first-order chi connectivity index (χ1) is 18.8. The number of aryl methyl sites for hydroxylation is 2. The molecule has 0 radical (unpaired) electrons. The third-order valence-corrected chi connectivity index (χ3v) is 8.68. The molecule has 0 heterocycles. The lowest BCUT2D eigenvalue weighted by Gasteiger charge is -2.32. The molecule has 2 amide bonds. The highest BCUT2D eigenvalue weighted by Gasteiger charge is 2.33. The van der Waals surface area contributed by atoms with Crippen molar-refractivity contribution in [2.24, 2.45) is 5.92 Å². The van der Waals surface area contributed by atoms with Crippen LogP contribution in [-0.4, -0.2) is 44.3 Å². The maximum Gasteiger partial charge on any atom is 0.264 e. The standard InChI is InChI=1S/C30H35Cl2N3O4S/c1-20(2)17-33-30(37)23(5)34(18-24-8-6-7-22(4)15-24)29(36)19-35(28-16-25(31)11-14-27(28)32)40(38,39)26-12-9-21(3)10-13-26/h6-16,20,23H,17-19H2,1-5H3,(H,33,37)/t23-/m0/s1. The average Bonchev–Trinajstić information content (AvgIpc) is 2.90. The molecule has 1 N–H and O–H groups in total. The Kier molecular flexibility index (Phi) is 10.6. The molecule has 0 aliphatic rings. The van der Waals surface area contributed by atoms with E-state index in [1.165, 1.54) is 35.2 Å². The zero-order valence-electron chi connectivity index (χ0n) is 23.3. The van der Waals surface area contributed by atoms with Gasteiger partial charge in [0.15, 0.2) is 0 Å². The molecule has 0 aliphatic carbocycles. The number of anilines is 1. The topological polar surface area (TPSA) is 86.8 Å². The van der Waals surface area contributed by atoms with Crippen molar-refractivity contribution < 1.29 is 18.0 Å². The summed E-state index contributed by atoms with van der Waals surface area (Å²) in [5.74, 6) is -0.680. The highest BCUT2D eigenvalue weighted by Crippen LogP contribution is 2.33. The first-order valence-electron chi connectivity index (χ1n) is 13.0. The van der Waals surface area contributed by atoms with Crippen molar-refractivity contribution in [1.82, 2.24) is 10.2 Å². The number of rotatable bonds is 11. The Bertz CT molecular complexity index is 1460. The van der Waals surface area contributed by atoms with E-state index >= 15 is 0 Å². The van der Waals surface area contributed by atoms with E-state index in [0.717, 1.165) is 21.0 Å². The third-order valence-electron chi connectivity index (χ3n) is 6.35. The second-order valence-electron chi connectivity index (χ2n) is 10.2. The number of hydrogen-bond acceptors (Lipinski definition) is 4. The predicted molar refractivity (Wildman–Crippen MR) is 161 cm³/mol. The Morgan fingerprint density at radius 2 is 1.57 bits per heavy atom. The lowest BCUT2D eigenvalue weighted by molar-refractivity contribution is -0.139. The molecule has 3 rings (SSSR count). The first-order valence-corrected chi connectivity index (χ1v) is 15.2. The number of hydrogen-bond donors (Lipinski definition) is 1. The average molecular weight is 605 g/mol. The summed E-state index contributed by atoms with van der Waals surface area (Å²) in [5, 5.41) is 3.24. The van der Waals surface area contributed by atoms with Crippen LogP contribution < -0.4 is 9.62 Å². The van der Waals surface area contributed by atoms with Crippen molar-refractivity contribution in [1.29, 1.82) is 0 Å². The fourth-order valence-electron chi connectivity index (χ4n) is 4.07. The Morgan fingerprint density at radius 1 is 0.900 bits per heavy atom. The van der Waals surface area contributed by atoms with Crippen LogP contribution in [0, 0.1) is 19.8 Å². The van der Waals surface area contributed by atoms with E-state index in [4.69, 9.17) is 23.2 Å². The summed E-state index contributed by atoms with van der Waals surface area (Å²) in [5.41, 5.74) is 2.75. The van der Waals surface area contributed by atoms with Gasteiger partial charge in [-0.1, -0.05) is 84.6 Å². The summed E-state index contributed by atoms with van der Waals surface area (Å²) in [6.07, 6.45) is 0. The van der Waals surface area contributed by atoms with Crippen LogP contribution in [0.3, 0.4) is 0 Å². The monoisotopic (exact) mass is 603 g/mol. The molecule has 0 saturated carbocycles. The smallest absolute Gasteiger partial charge is 0.264 e. The molecule has 1 atom stereocenters. The first kappa shape index (κ1) is 31.5. The second kappa shape index (κ2) is 13.5. The van der Waals surface area contributed by atoms with Gasteiger partial charge < -0.3 is 10.2 Å². The molecule has 0 spiro atoms. The second-order valence-corrected chi connectivity index (χ2v) is 13.0. The minimum Gasteiger partial charge on any atom is -0.354 e. The maximum atomic E-state index is 14.0. The Morgan fingerprint density at radius 3 is 2.20 bits per heavy atom. The molecular weight excluding hydrogens is 569 g/mol. The van der Waals surface area contributed by atoms with Crippen LogP contribution in [0.15, 0.2) is 71.6 Å². The number of amides is 2. The fourth-order valence-corrected chi connectivity index (χ4v) is 5.93. The SMILES string of the molecule is Cc1ccc(S(=O)(=O)N(CC(=O)N(Cc2cccc(C)c2)[C@@H](C)C(=O)NCC(C)C)c2cc(Cl)ccc2Cl)cc1.